The van der Waals surface area contributed by atoms with Crippen molar-refractivity contribution < 1.29 is 14.6 Å². The molecule has 18 heavy (non-hydrogen) atoms. The molecule has 0 aliphatic rings. The summed E-state index contributed by atoms with van der Waals surface area (Å²) in [5.74, 6) is -0.246. The van der Waals surface area contributed by atoms with Crippen LogP contribution in [0, 0.1) is 0 Å². The van der Waals surface area contributed by atoms with Gasteiger partial charge in [0, 0.05) is 13.0 Å². The molecule has 0 unspecified atom stereocenters. The molecule has 1 N–H and O–H groups in total. The van der Waals surface area contributed by atoms with Gasteiger partial charge in [0.25, 0.3) is 0 Å². The summed E-state index contributed by atoms with van der Waals surface area (Å²) in [4.78, 5) is 10.6. The molecule has 0 atom stereocenters. The SMILES string of the molecule is O=C(O)c1cn(CCCOc2ccccc2)nn1. The van der Waals surface area contributed by atoms with Gasteiger partial charge >= 0.3 is 5.97 Å². The van der Waals surface area contributed by atoms with E-state index >= 15 is 0 Å². The van der Waals surface area contributed by atoms with Crippen molar-refractivity contribution >= 4 is 5.97 Å². The van der Waals surface area contributed by atoms with E-state index in [1.54, 1.807) is 0 Å². The van der Waals surface area contributed by atoms with Crippen LogP contribution in [-0.4, -0.2) is 32.7 Å². The Morgan fingerprint density at radius 2 is 2.11 bits per heavy atom. The lowest BCUT2D eigenvalue weighted by molar-refractivity contribution is 0.0690. The molecule has 6 nitrogen and oxygen atoms in total. The number of hydrogen-bond acceptors (Lipinski definition) is 4. The van der Waals surface area contributed by atoms with Crippen LogP contribution in [0.15, 0.2) is 36.5 Å². The zero-order valence-corrected chi connectivity index (χ0v) is 9.69. The fourth-order valence-electron chi connectivity index (χ4n) is 1.44. The van der Waals surface area contributed by atoms with Crippen LogP contribution in [0.1, 0.15) is 16.9 Å². The number of carbonyl (C=O) groups is 1. The Labute approximate surface area is 104 Å². The minimum absolute atomic E-state index is 0.0426. The number of hydrogen-bond donors (Lipinski definition) is 1. The molecular formula is C12H13N3O3. The molecule has 0 aliphatic heterocycles. The number of aromatic nitrogens is 3. The first kappa shape index (κ1) is 12.1. The van der Waals surface area contributed by atoms with Crippen LogP contribution in [0.25, 0.3) is 0 Å². The number of benzene rings is 1. The standard InChI is InChI=1S/C12H13N3O3/c16-12(17)11-9-15(14-13-11)7-4-8-18-10-5-2-1-3-6-10/h1-3,5-6,9H,4,7-8H2,(H,16,17). The summed E-state index contributed by atoms with van der Waals surface area (Å²) in [6, 6.07) is 9.52. The van der Waals surface area contributed by atoms with Gasteiger partial charge in [-0.25, -0.2) is 4.79 Å². The van der Waals surface area contributed by atoms with Crippen molar-refractivity contribution in [2.75, 3.05) is 6.61 Å². The van der Waals surface area contributed by atoms with Crippen molar-refractivity contribution in [3.8, 4) is 5.75 Å². The second kappa shape index (κ2) is 5.81. The molecule has 0 radical (unpaired) electrons. The highest BCUT2D eigenvalue weighted by atomic mass is 16.5. The third-order valence-corrected chi connectivity index (χ3v) is 2.30. The van der Waals surface area contributed by atoms with Gasteiger partial charge in [-0.05, 0) is 12.1 Å². The zero-order valence-electron chi connectivity index (χ0n) is 9.69. The maximum Gasteiger partial charge on any atom is 0.358 e. The Morgan fingerprint density at radius 3 is 2.78 bits per heavy atom. The molecule has 1 aromatic carbocycles. The summed E-state index contributed by atoms with van der Waals surface area (Å²) in [6.45, 7) is 1.12. The van der Waals surface area contributed by atoms with Gasteiger partial charge in [0.1, 0.15) is 5.75 Å². The van der Waals surface area contributed by atoms with Crippen molar-refractivity contribution in [3.05, 3.63) is 42.2 Å². The molecule has 0 saturated carbocycles. The van der Waals surface area contributed by atoms with Gasteiger partial charge in [0.2, 0.25) is 0 Å². The van der Waals surface area contributed by atoms with E-state index in [-0.39, 0.29) is 5.69 Å². The highest BCUT2D eigenvalue weighted by Gasteiger charge is 2.07. The molecule has 0 saturated heterocycles. The van der Waals surface area contributed by atoms with E-state index in [1.165, 1.54) is 10.9 Å². The lowest BCUT2D eigenvalue weighted by Crippen LogP contribution is -2.05. The molecule has 0 amide bonds. The fraction of sp³-hybridized carbons (Fsp3) is 0.250. The molecule has 2 aromatic rings. The van der Waals surface area contributed by atoms with Gasteiger partial charge in [-0.1, -0.05) is 23.4 Å². The summed E-state index contributed by atoms with van der Waals surface area (Å²) in [7, 11) is 0. The minimum atomic E-state index is -1.07. The van der Waals surface area contributed by atoms with Crippen molar-refractivity contribution in [3.63, 3.8) is 0 Å². The third kappa shape index (κ3) is 3.31. The van der Waals surface area contributed by atoms with Crippen LogP contribution in [0.3, 0.4) is 0 Å². The van der Waals surface area contributed by atoms with E-state index in [4.69, 9.17) is 9.84 Å². The summed E-state index contributed by atoms with van der Waals surface area (Å²) < 4.78 is 7.00. The topological polar surface area (TPSA) is 77.2 Å². The van der Waals surface area contributed by atoms with E-state index in [0.717, 1.165) is 12.2 Å². The number of rotatable bonds is 6. The molecule has 1 heterocycles. The van der Waals surface area contributed by atoms with Crippen molar-refractivity contribution in [2.45, 2.75) is 13.0 Å². The summed E-state index contributed by atoms with van der Waals surface area (Å²) in [5, 5.41) is 15.9. The monoisotopic (exact) mass is 247 g/mol. The van der Waals surface area contributed by atoms with Crippen molar-refractivity contribution in [2.24, 2.45) is 0 Å². The number of carboxylic acid groups (broad SMARTS) is 1. The number of carboxylic acids is 1. The number of para-hydroxylation sites is 1. The number of aryl methyl sites for hydroxylation is 1. The molecule has 2 rings (SSSR count). The van der Waals surface area contributed by atoms with E-state index in [2.05, 4.69) is 10.3 Å². The normalized spacial score (nSPS) is 10.2. The first-order chi connectivity index (χ1) is 8.75. The van der Waals surface area contributed by atoms with Gasteiger partial charge in [0.15, 0.2) is 5.69 Å². The third-order valence-electron chi connectivity index (χ3n) is 2.30. The summed E-state index contributed by atoms with van der Waals surface area (Å²) in [5.41, 5.74) is -0.0426. The number of ether oxygens (including phenoxy) is 1. The van der Waals surface area contributed by atoms with Crippen molar-refractivity contribution in [1.82, 2.24) is 15.0 Å². The quantitative estimate of drug-likeness (QED) is 0.781. The maximum absolute atomic E-state index is 10.6. The molecule has 94 valence electrons. The molecule has 0 fully saturated rings. The van der Waals surface area contributed by atoms with E-state index in [9.17, 15) is 4.79 Å². The van der Waals surface area contributed by atoms with E-state index in [0.29, 0.717) is 13.2 Å². The average molecular weight is 247 g/mol. The molecule has 6 heteroatoms. The lowest BCUT2D eigenvalue weighted by atomic mass is 10.3. The predicted molar refractivity (Wildman–Crippen MR) is 63.5 cm³/mol. The average Bonchev–Trinajstić information content (AvgIpc) is 2.85. The molecule has 0 bridgehead atoms. The molecule has 0 aliphatic carbocycles. The van der Waals surface area contributed by atoms with E-state index in [1.807, 2.05) is 30.3 Å². The van der Waals surface area contributed by atoms with E-state index < -0.39 is 5.97 Å². The second-order valence-corrected chi connectivity index (χ2v) is 3.69. The van der Waals surface area contributed by atoms with Gasteiger partial charge in [-0.2, -0.15) is 0 Å². The Morgan fingerprint density at radius 1 is 1.33 bits per heavy atom. The smallest absolute Gasteiger partial charge is 0.358 e. The largest absolute Gasteiger partial charge is 0.494 e. The minimum Gasteiger partial charge on any atom is -0.494 e. The summed E-state index contributed by atoms with van der Waals surface area (Å²) in [6.07, 6.45) is 2.14. The van der Waals surface area contributed by atoms with Crippen molar-refractivity contribution in [1.29, 1.82) is 0 Å². The molecule has 0 spiro atoms. The first-order valence-electron chi connectivity index (χ1n) is 5.57. The number of nitrogens with zero attached hydrogens (tertiary/aromatic N) is 3. The van der Waals surface area contributed by atoms with Crippen LogP contribution in [0.4, 0.5) is 0 Å². The Bertz CT molecular complexity index is 510. The highest BCUT2D eigenvalue weighted by Crippen LogP contribution is 2.08. The Balaban J connectivity index is 1.73. The number of aromatic carboxylic acids is 1. The van der Waals surface area contributed by atoms with Crippen LogP contribution in [0.5, 0.6) is 5.75 Å². The summed E-state index contributed by atoms with van der Waals surface area (Å²) >= 11 is 0. The maximum atomic E-state index is 10.6. The van der Waals surface area contributed by atoms with Gasteiger partial charge in [0.05, 0.1) is 12.8 Å². The Hall–Kier alpha value is -2.37. The predicted octanol–water partition coefficient (Wildman–Crippen LogP) is 1.45. The first-order valence-corrected chi connectivity index (χ1v) is 5.57. The zero-order chi connectivity index (χ0) is 12.8. The Kier molecular flexibility index (Phi) is 3.90. The van der Waals surface area contributed by atoms with Crippen LogP contribution in [0.2, 0.25) is 0 Å². The molecular weight excluding hydrogens is 234 g/mol. The van der Waals surface area contributed by atoms with Gasteiger partial charge in [-0.15, -0.1) is 5.10 Å². The highest BCUT2D eigenvalue weighted by molar-refractivity contribution is 5.84. The second-order valence-electron chi connectivity index (χ2n) is 3.69. The fourth-order valence-corrected chi connectivity index (χ4v) is 1.44. The molecule has 1 aromatic heterocycles. The van der Waals surface area contributed by atoms with Crippen LogP contribution < -0.4 is 4.74 Å². The van der Waals surface area contributed by atoms with Crippen LogP contribution in [-0.2, 0) is 6.54 Å². The lowest BCUT2D eigenvalue weighted by Gasteiger charge is -2.05. The van der Waals surface area contributed by atoms with Crippen LogP contribution >= 0.6 is 0 Å². The van der Waals surface area contributed by atoms with Gasteiger partial charge < -0.3 is 9.84 Å². The van der Waals surface area contributed by atoms with Gasteiger partial charge in [-0.3, -0.25) is 4.68 Å².